The van der Waals surface area contributed by atoms with Crippen molar-refractivity contribution in [1.82, 2.24) is 5.32 Å². The molecule has 0 aliphatic rings. The number of amides is 1. The van der Waals surface area contributed by atoms with Gasteiger partial charge >= 0.3 is 12.1 Å². The van der Waals surface area contributed by atoms with Crippen molar-refractivity contribution < 1.29 is 19.4 Å². The van der Waals surface area contributed by atoms with Crippen LogP contribution < -0.4 is 5.32 Å². The van der Waals surface area contributed by atoms with Gasteiger partial charge in [0.1, 0.15) is 6.61 Å². The molecule has 0 radical (unpaired) electrons. The Morgan fingerprint density at radius 2 is 2.12 bits per heavy atom. The Kier molecular flexibility index (Phi) is 5.56. The van der Waals surface area contributed by atoms with Crippen molar-refractivity contribution in [2.45, 2.75) is 33.2 Å². The van der Waals surface area contributed by atoms with E-state index in [1.54, 1.807) is 13.8 Å². The summed E-state index contributed by atoms with van der Waals surface area (Å²) >= 11 is 0. The van der Waals surface area contributed by atoms with Crippen LogP contribution in [0.15, 0.2) is 12.7 Å². The van der Waals surface area contributed by atoms with Crippen LogP contribution in [0.3, 0.4) is 0 Å². The van der Waals surface area contributed by atoms with Crippen molar-refractivity contribution in [3.63, 3.8) is 0 Å². The fraction of sp³-hybridized carbons (Fsp3) is 0.636. The fourth-order valence-corrected chi connectivity index (χ4v) is 1.26. The maximum absolute atomic E-state index is 11.3. The van der Waals surface area contributed by atoms with Crippen LogP contribution in [0.1, 0.15) is 27.2 Å². The van der Waals surface area contributed by atoms with Crippen LogP contribution in [0.4, 0.5) is 4.79 Å². The summed E-state index contributed by atoms with van der Waals surface area (Å²) in [6, 6.07) is -0.470. The third kappa shape index (κ3) is 3.92. The number of alkyl carbamates (subject to hydrolysis) is 1. The van der Waals surface area contributed by atoms with E-state index >= 15 is 0 Å². The van der Waals surface area contributed by atoms with Crippen molar-refractivity contribution in [1.29, 1.82) is 0 Å². The first-order valence-corrected chi connectivity index (χ1v) is 5.13. The van der Waals surface area contributed by atoms with Gasteiger partial charge in [-0.1, -0.05) is 19.6 Å². The Morgan fingerprint density at radius 3 is 2.50 bits per heavy atom. The summed E-state index contributed by atoms with van der Waals surface area (Å²) in [6.07, 6.45) is 1.34. The molecule has 0 aromatic rings. The molecule has 2 N–H and O–H groups in total. The summed E-state index contributed by atoms with van der Waals surface area (Å²) in [5.41, 5.74) is -1.03. The summed E-state index contributed by atoms with van der Waals surface area (Å²) in [5, 5.41) is 11.6. The molecule has 0 saturated carbocycles. The van der Waals surface area contributed by atoms with Crippen LogP contribution >= 0.6 is 0 Å². The standard InChI is InChI=1S/C11H19NO4/c1-5-7-16-10(15)12-8(6-2)11(3,4)9(13)14/h5,8H,1,6-7H2,2-4H3,(H,12,15)(H,13,14)/t8-/m1/s1. The largest absolute Gasteiger partial charge is 0.481 e. The first-order valence-electron chi connectivity index (χ1n) is 5.13. The zero-order valence-electron chi connectivity index (χ0n) is 9.95. The second-order valence-electron chi connectivity index (χ2n) is 4.02. The average molecular weight is 229 g/mol. The highest BCUT2D eigenvalue weighted by atomic mass is 16.5. The summed E-state index contributed by atoms with van der Waals surface area (Å²) in [6.45, 7) is 8.46. The van der Waals surface area contributed by atoms with E-state index in [0.29, 0.717) is 6.42 Å². The first kappa shape index (κ1) is 14.5. The van der Waals surface area contributed by atoms with Gasteiger partial charge < -0.3 is 15.2 Å². The van der Waals surface area contributed by atoms with Gasteiger partial charge in [0.2, 0.25) is 0 Å². The van der Waals surface area contributed by atoms with Gasteiger partial charge in [-0.25, -0.2) is 4.79 Å². The number of hydrogen-bond acceptors (Lipinski definition) is 3. The van der Waals surface area contributed by atoms with Crippen LogP contribution in [0.2, 0.25) is 0 Å². The third-order valence-electron chi connectivity index (χ3n) is 2.45. The molecule has 5 nitrogen and oxygen atoms in total. The number of carboxylic acid groups (broad SMARTS) is 1. The van der Waals surface area contributed by atoms with Crippen LogP contribution in [0, 0.1) is 5.41 Å². The number of rotatable bonds is 6. The SMILES string of the molecule is C=CCOC(=O)N[C@H](CC)C(C)(C)C(=O)O. The van der Waals surface area contributed by atoms with E-state index in [9.17, 15) is 9.59 Å². The smallest absolute Gasteiger partial charge is 0.407 e. The maximum Gasteiger partial charge on any atom is 0.407 e. The quantitative estimate of drug-likeness (QED) is 0.681. The molecule has 1 atom stereocenters. The van der Waals surface area contributed by atoms with Gasteiger partial charge in [-0.3, -0.25) is 4.79 Å². The number of carbonyl (C=O) groups excluding carboxylic acids is 1. The molecular weight excluding hydrogens is 210 g/mol. The number of ether oxygens (including phenoxy) is 1. The monoisotopic (exact) mass is 229 g/mol. The van der Waals surface area contributed by atoms with E-state index in [-0.39, 0.29) is 6.61 Å². The Bertz CT molecular complexity index is 273. The number of hydrogen-bond donors (Lipinski definition) is 2. The van der Waals surface area contributed by atoms with Crippen molar-refractivity contribution >= 4 is 12.1 Å². The first-order chi connectivity index (χ1) is 7.36. The summed E-state index contributed by atoms with van der Waals surface area (Å²) in [7, 11) is 0. The van der Waals surface area contributed by atoms with Gasteiger partial charge in [0.05, 0.1) is 5.41 Å². The minimum Gasteiger partial charge on any atom is -0.481 e. The average Bonchev–Trinajstić information content (AvgIpc) is 2.22. The summed E-state index contributed by atoms with van der Waals surface area (Å²) in [5.74, 6) is -0.955. The van der Waals surface area contributed by atoms with Gasteiger partial charge in [-0.05, 0) is 20.3 Å². The number of aliphatic carboxylic acids is 1. The molecular formula is C11H19NO4. The van der Waals surface area contributed by atoms with Crippen LogP contribution in [-0.4, -0.2) is 29.8 Å². The van der Waals surface area contributed by atoms with Crippen LogP contribution in [0.25, 0.3) is 0 Å². The number of carbonyl (C=O) groups is 2. The lowest BCUT2D eigenvalue weighted by molar-refractivity contribution is -0.148. The van der Waals surface area contributed by atoms with Crippen molar-refractivity contribution in [3.05, 3.63) is 12.7 Å². The summed E-state index contributed by atoms with van der Waals surface area (Å²) in [4.78, 5) is 22.3. The second kappa shape index (κ2) is 6.15. The molecule has 0 unspecified atom stereocenters. The van der Waals surface area contributed by atoms with E-state index in [2.05, 4.69) is 11.9 Å². The van der Waals surface area contributed by atoms with E-state index in [1.807, 2.05) is 6.92 Å². The molecule has 1 amide bonds. The highest BCUT2D eigenvalue weighted by molar-refractivity contribution is 5.76. The molecule has 92 valence electrons. The van der Waals surface area contributed by atoms with Gasteiger partial charge in [0.15, 0.2) is 0 Å². The van der Waals surface area contributed by atoms with Gasteiger partial charge in [0.25, 0.3) is 0 Å². The molecule has 0 rings (SSSR count). The van der Waals surface area contributed by atoms with E-state index in [4.69, 9.17) is 9.84 Å². The van der Waals surface area contributed by atoms with Gasteiger partial charge in [-0.15, -0.1) is 0 Å². The lowest BCUT2D eigenvalue weighted by Gasteiger charge is -2.29. The fourth-order valence-electron chi connectivity index (χ4n) is 1.26. The molecule has 0 saturated heterocycles. The highest BCUT2D eigenvalue weighted by Gasteiger charge is 2.36. The normalized spacial score (nSPS) is 12.7. The molecule has 0 fully saturated rings. The topological polar surface area (TPSA) is 75.6 Å². The zero-order valence-corrected chi connectivity index (χ0v) is 9.95. The predicted octanol–water partition coefficient (Wildman–Crippen LogP) is 1.79. The Labute approximate surface area is 95.5 Å². The molecule has 0 spiro atoms. The molecule has 0 aliphatic carbocycles. The predicted molar refractivity (Wildman–Crippen MR) is 60.2 cm³/mol. The minimum atomic E-state index is -1.03. The van der Waals surface area contributed by atoms with Crippen molar-refractivity contribution in [2.75, 3.05) is 6.61 Å². The van der Waals surface area contributed by atoms with E-state index in [1.165, 1.54) is 6.08 Å². The summed E-state index contributed by atoms with van der Waals surface area (Å²) < 4.78 is 4.74. The lowest BCUT2D eigenvalue weighted by Crippen LogP contribution is -2.48. The molecule has 5 heteroatoms. The van der Waals surface area contributed by atoms with Crippen molar-refractivity contribution in [2.24, 2.45) is 5.41 Å². The maximum atomic E-state index is 11.3. The van der Waals surface area contributed by atoms with Crippen LogP contribution in [0.5, 0.6) is 0 Å². The molecule has 0 aliphatic heterocycles. The number of nitrogens with one attached hydrogen (secondary N) is 1. The van der Waals surface area contributed by atoms with Crippen LogP contribution in [-0.2, 0) is 9.53 Å². The Balaban J connectivity index is 4.46. The molecule has 0 aromatic heterocycles. The van der Waals surface area contributed by atoms with Gasteiger partial charge in [-0.2, -0.15) is 0 Å². The number of carboxylic acids is 1. The Morgan fingerprint density at radius 1 is 1.56 bits per heavy atom. The molecule has 0 aromatic carbocycles. The van der Waals surface area contributed by atoms with E-state index < -0.39 is 23.5 Å². The zero-order chi connectivity index (χ0) is 12.8. The van der Waals surface area contributed by atoms with E-state index in [0.717, 1.165) is 0 Å². The highest BCUT2D eigenvalue weighted by Crippen LogP contribution is 2.23. The molecule has 0 bridgehead atoms. The molecule has 0 heterocycles. The molecule has 16 heavy (non-hydrogen) atoms. The lowest BCUT2D eigenvalue weighted by atomic mass is 9.83. The third-order valence-corrected chi connectivity index (χ3v) is 2.45. The second-order valence-corrected chi connectivity index (χ2v) is 4.02. The Hall–Kier alpha value is -1.52. The van der Waals surface area contributed by atoms with Crippen molar-refractivity contribution in [3.8, 4) is 0 Å². The minimum absolute atomic E-state index is 0.107. The van der Waals surface area contributed by atoms with Gasteiger partial charge in [0, 0.05) is 6.04 Å².